The predicted molar refractivity (Wildman–Crippen MR) is 87.0 cm³/mol. The van der Waals surface area contributed by atoms with E-state index in [9.17, 15) is 8.42 Å². The largest absolute Gasteiger partial charge is 0.389 e. The molecule has 0 saturated carbocycles. The molecule has 0 aliphatic rings. The molecule has 1 aromatic heterocycles. The van der Waals surface area contributed by atoms with E-state index in [1.165, 1.54) is 17.4 Å². The molecular formula is C13H14N2O2S3. The van der Waals surface area contributed by atoms with Crippen LogP contribution in [0.2, 0.25) is 0 Å². The summed E-state index contributed by atoms with van der Waals surface area (Å²) >= 11 is 5.94. The maximum absolute atomic E-state index is 12.6. The lowest BCUT2D eigenvalue weighted by Crippen LogP contribution is -2.26. The molecule has 0 amide bonds. The minimum Gasteiger partial charge on any atom is -0.389 e. The minimum absolute atomic E-state index is 0.204. The summed E-state index contributed by atoms with van der Waals surface area (Å²) < 4.78 is 26.6. The Morgan fingerprint density at radius 2 is 1.90 bits per heavy atom. The highest BCUT2D eigenvalue weighted by Gasteiger charge is 2.24. The molecule has 2 aromatic rings. The van der Waals surface area contributed by atoms with Crippen molar-refractivity contribution in [3.63, 3.8) is 0 Å². The summed E-state index contributed by atoms with van der Waals surface area (Å²) in [6.07, 6.45) is 0. The molecule has 0 spiro atoms. The van der Waals surface area contributed by atoms with Crippen molar-refractivity contribution in [1.82, 2.24) is 0 Å². The Morgan fingerprint density at radius 1 is 1.25 bits per heavy atom. The van der Waals surface area contributed by atoms with Gasteiger partial charge in [-0.25, -0.2) is 8.42 Å². The van der Waals surface area contributed by atoms with Gasteiger partial charge in [0.15, 0.2) is 0 Å². The van der Waals surface area contributed by atoms with E-state index >= 15 is 0 Å². The lowest BCUT2D eigenvalue weighted by atomic mass is 10.2. The Morgan fingerprint density at radius 3 is 2.45 bits per heavy atom. The van der Waals surface area contributed by atoms with Gasteiger partial charge in [-0.15, -0.1) is 11.3 Å². The summed E-state index contributed by atoms with van der Waals surface area (Å²) in [5.41, 5.74) is 7.06. The molecule has 0 aliphatic carbocycles. The smallest absolute Gasteiger partial charge is 0.273 e. The number of nitrogens with zero attached hydrogens (tertiary/aromatic N) is 1. The van der Waals surface area contributed by atoms with E-state index in [0.29, 0.717) is 10.6 Å². The first-order valence-electron chi connectivity index (χ1n) is 5.78. The Kier molecular flexibility index (Phi) is 4.12. The van der Waals surface area contributed by atoms with Crippen LogP contribution in [-0.2, 0) is 10.0 Å². The zero-order chi connectivity index (χ0) is 14.9. The average molecular weight is 326 g/mol. The van der Waals surface area contributed by atoms with Gasteiger partial charge >= 0.3 is 0 Å². The standard InChI is InChI=1S/C13H14N2O2S3/c1-9-5-3-4-6-10(9)15(2)20(16,17)12-8-7-11(19-12)13(14)18/h3-8H,1-2H3,(H2,14,18). The van der Waals surface area contributed by atoms with Gasteiger partial charge in [0.05, 0.1) is 10.6 Å². The Bertz CT molecular complexity index is 750. The van der Waals surface area contributed by atoms with Gasteiger partial charge in [0.25, 0.3) is 10.0 Å². The van der Waals surface area contributed by atoms with Gasteiger partial charge in [-0.3, -0.25) is 4.31 Å². The molecule has 7 heteroatoms. The van der Waals surface area contributed by atoms with Gasteiger partial charge in [-0.1, -0.05) is 30.4 Å². The molecule has 0 atom stereocenters. The Balaban J connectivity index is 2.44. The van der Waals surface area contributed by atoms with E-state index in [4.69, 9.17) is 18.0 Å². The van der Waals surface area contributed by atoms with Crippen LogP contribution in [0.4, 0.5) is 5.69 Å². The van der Waals surface area contributed by atoms with Crippen molar-refractivity contribution in [3.8, 4) is 0 Å². The van der Waals surface area contributed by atoms with Gasteiger partial charge in [0.1, 0.15) is 9.20 Å². The SMILES string of the molecule is Cc1ccccc1N(C)S(=O)(=O)c1ccc(C(N)=S)s1. The van der Waals surface area contributed by atoms with Gasteiger partial charge < -0.3 is 5.73 Å². The number of hydrogen-bond acceptors (Lipinski definition) is 4. The van der Waals surface area contributed by atoms with Gasteiger partial charge in [0, 0.05) is 7.05 Å². The maximum atomic E-state index is 12.6. The molecule has 1 aromatic carbocycles. The van der Waals surface area contributed by atoms with Crippen molar-refractivity contribution < 1.29 is 8.42 Å². The van der Waals surface area contributed by atoms with Crippen LogP contribution in [0.5, 0.6) is 0 Å². The zero-order valence-electron chi connectivity index (χ0n) is 11.0. The lowest BCUT2D eigenvalue weighted by Gasteiger charge is -2.20. The van der Waals surface area contributed by atoms with Crippen molar-refractivity contribution in [2.45, 2.75) is 11.1 Å². The van der Waals surface area contributed by atoms with Crippen molar-refractivity contribution >= 4 is 44.3 Å². The van der Waals surface area contributed by atoms with E-state index < -0.39 is 10.0 Å². The topological polar surface area (TPSA) is 63.4 Å². The highest BCUT2D eigenvalue weighted by Crippen LogP contribution is 2.29. The number of benzene rings is 1. The van der Waals surface area contributed by atoms with Crippen LogP contribution in [0.1, 0.15) is 10.4 Å². The second-order valence-corrected chi connectivity index (χ2v) is 7.96. The third kappa shape index (κ3) is 2.70. The molecule has 0 radical (unpaired) electrons. The zero-order valence-corrected chi connectivity index (χ0v) is 13.5. The second kappa shape index (κ2) is 5.51. The fourth-order valence-electron chi connectivity index (χ4n) is 1.77. The van der Waals surface area contributed by atoms with E-state index in [-0.39, 0.29) is 9.20 Å². The van der Waals surface area contributed by atoms with Crippen molar-refractivity contribution in [2.75, 3.05) is 11.4 Å². The average Bonchev–Trinajstić information content (AvgIpc) is 2.89. The molecule has 0 bridgehead atoms. The number of para-hydroxylation sites is 1. The molecule has 2 N–H and O–H groups in total. The number of thiocarbonyl (C=S) groups is 1. The summed E-state index contributed by atoms with van der Waals surface area (Å²) in [7, 11) is -2.05. The predicted octanol–water partition coefficient (Wildman–Crippen LogP) is 2.52. The molecule has 20 heavy (non-hydrogen) atoms. The van der Waals surface area contributed by atoms with Crippen LogP contribution >= 0.6 is 23.6 Å². The number of sulfonamides is 1. The Hall–Kier alpha value is -1.44. The molecule has 2 rings (SSSR count). The van der Waals surface area contributed by atoms with Crippen LogP contribution in [0.15, 0.2) is 40.6 Å². The number of aryl methyl sites for hydroxylation is 1. The number of nitrogens with two attached hydrogens (primary N) is 1. The van der Waals surface area contributed by atoms with Crippen LogP contribution in [0.3, 0.4) is 0 Å². The number of hydrogen-bond donors (Lipinski definition) is 1. The summed E-state index contributed by atoms with van der Waals surface area (Å²) in [6, 6.07) is 10.5. The molecule has 0 unspecified atom stereocenters. The minimum atomic E-state index is -3.59. The van der Waals surface area contributed by atoms with Crippen LogP contribution in [0.25, 0.3) is 0 Å². The maximum Gasteiger partial charge on any atom is 0.273 e. The first kappa shape index (κ1) is 15.0. The summed E-state index contributed by atoms with van der Waals surface area (Å²) in [4.78, 5) is 0.798. The highest BCUT2D eigenvalue weighted by atomic mass is 32.2. The monoisotopic (exact) mass is 326 g/mol. The third-order valence-corrected chi connectivity index (χ3v) is 6.60. The summed E-state index contributed by atoms with van der Waals surface area (Å²) in [6.45, 7) is 1.87. The second-order valence-electron chi connectivity index (χ2n) is 4.24. The quantitative estimate of drug-likeness (QED) is 0.877. The summed E-state index contributed by atoms with van der Waals surface area (Å²) in [5, 5.41) is 0. The fraction of sp³-hybridized carbons (Fsp3) is 0.154. The third-order valence-electron chi connectivity index (χ3n) is 2.89. The van der Waals surface area contributed by atoms with Crippen molar-refractivity contribution in [2.24, 2.45) is 5.73 Å². The van der Waals surface area contributed by atoms with Crippen LogP contribution in [0, 0.1) is 6.92 Å². The highest BCUT2D eigenvalue weighted by molar-refractivity contribution is 7.94. The molecule has 0 aliphatic heterocycles. The van der Waals surface area contributed by atoms with Crippen molar-refractivity contribution in [3.05, 3.63) is 46.8 Å². The number of thiophene rings is 1. The van der Waals surface area contributed by atoms with Gasteiger partial charge in [-0.2, -0.15) is 0 Å². The lowest BCUT2D eigenvalue weighted by molar-refractivity contribution is 0.596. The van der Waals surface area contributed by atoms with E-state index in [2.05, 4.69) is 0 Å². The molecule has 0 fully saturated rings. The molecule has 4 nitrogen and oxygen atoms in total. The van der Waals surface area contributed by atoms with Crippen molar-refractivity contribution in [1.29, 1.82) is 0 Å². The van der Waals surface area contributed by atoms with E-state index in [1.807, 2.05) is 25.1 Å². The fourth-order valence-corrected chi connectivity index (χ4v) is 4.55. The molecule has 0 saturated heterocycles. The first-order chi connectivity index (χ1) is 9.34. The van der Waals surface area contributed by atoms with Crippen LogP contribution < -0.4 is 10.0 Å². The van der Waals surface area contributed by atoms with Crippen LogP contribution in [-0.4, -0.2) is 20.5 Å². The summed E-state index contributed by atoms with van der Waals surface area (Å²) in [5.74, 6) is 0. The molecule has 1 heterocycles. The molecule has 106 valence electrons. The van der Waals surface area contributed by atoms with E-state index in [0.717, 1.165) is 16.9 Å². The van der Waals surface area contributed by atoms with Gasteiger partial charge in [-0.05, 0) is 30.7 Å². The number of anilines is 1. The normalized spacial score (nSPS) is 11.3. The van der Waals surface area contributed by atoms with E-state index in [1.54, 1.807) is 12.1 Å². The Labute approximate surface area is 127 Å². The first-order valence-corrected chi connectivity index (χ1v) is 8.44. The molecular weight excluding hydrogens is 312 g/mol. The number of rotatable bonds is 4. The van der Waals surface area contributed by atoms with Gasteiger partial charge in [0.2, 0.25) is 0 Å².